The number of thioether (sulfide) groups is 1. The Morgan fingerprint density at radius 2 is 1.93 bits per heavy atom. The number of nitrogens with zero attached hydrogens (tertiary/aromatic N) is 1. The Morgan fingerprint density at radius 1 is 1.21 bits per heavy atom. The fourth-order valence-electron chi connectivity index (χ4n) is 1.11. The van der Waals surface area contributed by atoms with E-state index in [1.165, 1.54) is 25.7 Å². The molecule has 0 aromatic carbocycles. The minimum atomic E-state index is 0.664. The van der Waals surface area contributed by atoms with Crippen LogP contribution in [0.3, 0.4) is 0 Å². The van der Waals surface area contributed by atoms with Gasteiger partial charge in [0.1, 0.15) is 0 Å². The summed E-state index contributed by atoms with van der Waals surface area (Å²) in [5.74, 6) is 0.866. The van der Waals surface area contributed by atoms with Gasteiger partial charge in [-0.3, -0.25) is 4.99 Å². The van der Waals surface area contributed by atoms with Crippen LogP contribution in [0.1, 0.15) is 39.0 Å². The monoisotopic (exact) mass is 217 g/mol. The standard InChI is InChI=1S/C10H23N3S/c1-2-3-4-5-6-8-13-10(12)14-9-7-11/h2-9,11H2,1H3,(H2,12,13). The van der Waals surface area contributed by atoms with E-state index in [9.17, 15) is 0 Å². The Morgan fingerprint density at radius 3 is 2.57 bits per heavy atom. The summed E-state index contributed by atoms with van der Waals surface area (Å²) in [6.07, 6.45) is 6.37. The van der Waals surface area contributed by atoms with Crippen molar-refractivity contribution in [3.05, 3.63) is 0 Å². The van der Waals surface area contributed by atoms with Crippen LogP contribution in [0.4, 0.5) is 0 Å². The summed E-state index contributed by atoms with van der Waals surface area (Å²) in [4.78, 5) is 4.26. The minimum Gasteiger partial charge on any atom is -0.379 e. The smallest absolute Gasteiger partial charge is 0.153 e. The molecular formula is C10H23N3S. The summed E-state index contributed by atoms with van der Waals surface area (Å²) in [5.41, 5.74) is 11.0. The van der Waals surface area contributed by atoms with Gasteiger partial charge in [0.25, 0.3) is 0 Å². The summed E-state index contributed by atoms with van der Waals surface area (Å²) >= 11 is 1.55. The highest BCUT2D eigenvalue weighted by Gasteiger charge is 1.92. The van der Waals surface area contributed by atoms with E-state index in [1.54, 1.807) is 11.8 Å². The lowest BCUT2D eigenvalue weighted by Gasteiger charge is -1.99. The molecule has 0 heterocycles. The molecular weight excluding hydrogens is 194 g/mol. The first-order valence-corrected chi connectivity index (χ1v) is 6.42. The molecule has 0 bridgehead atoms. The molecule has 0 aliphatic heterocycles. The molecule has 0 fully saturated rings. The van der Waals surface area contributed by atoms with E-state index < -0.39 is 0 Å². The molecule has 0 aliphatic rings. The van der Waals surface area contributed by atoms with Gasteiger partial charge in [0.05, 0.1) is 0 Å². The van der Waals surface area contributed by atoms with E-state index in [4.69, 9.17) is 11.5 Å². The molecule has 0 aromatic heterocycles. The SMILES string of the molecule is CCCCCCCN=C(N)SCCN. The molecule has 4 heteroatoms. The van der Waals surface area contributed by atoms with Crippen LogP contribution in [0, 0.1) is 0 Å². The molecule has 0 radical (unpaired) electrons. The highest BCUT2D eigenvalue weighted by atomic mass is 32.2. The predicted octanol–water partition coefficient (Wildman–Crippen LogP) is 1.96. The van der Waals surface area contributed by atoms with Gasteiger partial charge in [0.2, 0.25) is 0 Å². The number of aliphatic imine (C=N–C) groups is 1. The van der Waals surface area contributed by atoms with E-state index in [0.717, 1.165) is 18.7 Å². The first-order valence-electron chi connectivity index (χ1n) is 5.44. The van der Waals surface area contributed by atoms with Crippen LogP contribution in [0.15, 0.2) is 4.99 Å². The maximum absolute atomic E-state index is 5.66. The van der Waals surface area contributed by atoms with E-state index in [-0.39, 0.29) is 0 Å². The Balaban J connectivity index is 3.23. The number of amidine groups is 1. The van der Waals surface area contributed by atoms with Gasteiger partial charge in [0.15, 0.2) is 5.17 Å². The average Bonchev–Trinajstić information content (AvgIpc) is 2.20. The van der Waals surface area contributed by atoms with Gasteiger partial charge >= 0.3 is 0 Å². The van der Waals surface area contributed by atoms with Gasteiger partial charge in [-0.05, 0) is 6.42 Å². The van der Waals surface area contributed by atoms with E-state index in [2.05, 4.69) is 11.9 Å². The molecule has 0 aromatic rings. The number of hydrogen-bond acceptors (Lipinski definition) is 3. The van der Waals surface area contributed by atoms with Crippen molar-refractivity contribution in [3.8, 4) is 0 Å². The third kappa shape index (κ3) is 9.86. The van der Waals surface area contributed by atoms with Crippen molar-refractivity contribution in [2.24, 2.45) is 16.5 Å². The zero-order valence-corrected chi connectivity index (χ0v) is 9.98. The summed E-state index contributed by atoms with van der Waals surface area (Å²) in [5, 5.41) is 0.686. The van der Waals surface area contributed by atoms with Crippen molar-refractivity contribution in [1.29, 1.82) is 0 Å². The lowest BCUT2D eigenvalue weighted by atomic mass is 10.2. The zero-order valence-electron chi connectivity index (χ0n) is 9.17. The van der Waals surface area contributed by atoms with Crippen molar-refractivity contribution in [2.75, 3.05) is 18.8 Å². The van der Waals surface area contributed by atoms with Gasteiger partial charge < -0.3 is 11.5 Å². The van der Waals surface area contributed by atoms with Crippen molar-refractivity contribution in [2.45, 2.75) is 39.0 Å². The maximum Gasteiger partial charge on any atom is 0.153 e. The molecule has 0 amide bonds. The highest BCUT2D eigenvalue weighted by molar-refractivity contribution is 8.13. The van der Waals surface area contributed by atoms with Crippen LogP contribution < -0.4 is 11.5 Å². The molecule has 0 spiro atoms. The normalized spacial score (nSPS) is 12.0. The summed E-state index contributed by atoms with van der Waals surface area (Å²) in [7, 11) is 0. The largest absolute Gasteiger partial charge is 0.379 e. The van der Waals surface area contributed by atoms with Crippen molar-refractivity contribution in [1.82, 2.24) is 0 Å². The number of hydrogen-bond donors (Lipinski definition) is 2. The molecule has 3 nitrogen and oxygen atoms in total. The third-order valence-electron chi connectivity index (χ3n) is 1.90. The van der Waals surface area contributed by atoms with Gasteiger partial charge in [-0.15, -0.1) is 0 Å². The molecule has 0 saturated heterocycles. The zero-order chi connectivity index (χ0) is 10.6. The van der Waals surface area contributed by atoms with Crippen LogP contribution in [0.5, 0.6) is 0 Å². The summed E-state index contributed by atoms with van der Waals surface area (Å²) in [6.45, 7) is 3.75. The first kappa shape index (κ1) is 13.8. The number of unbranched alkanes of at least 4 members (excludes halogenated alkanes) is 4. The Kier molecular flexibility index (Phi) is 10.7. The summed E-state index contributed by atoms with van der Waals surface area (Å²) in [6, 6.07) is 0. The van der Waals surface area contributed by atoms with Crippen molar-refractivity contribution < 1.29 is 0 Å². The first-order chi connectivity index (χ1) is 6.81. The Labute approximate surface area is 91.7 Å². The van der Waals surface area contributed by atoms with E-state index in [1.807, 2.05) is 0 Å². The lowest BCUT2D eigenvalue weighted by molar-refractivity contribution is 0.639. The predicted molar refractivity (Wildman–Crippen MR) is 66.8 cm³/mol. The van der Waals surface area contributed by atoms with Crippen molar-refractivity contribution in [3.63, 3.8) is 0 Å². The molecule has 0 unspecified atom stereocenters. The Bertz CT molecular complexity index is 148. The molecule has 0 atom stereocenters. The topological polar surface area (TPSA) is 64.4 Å². The molecule has 84 valence electrons. The van der Waals surface area contributed by atoms with Crippen LogP contribution >= 0.6 is 11.8 Å². The molecule has 14 heavy (non-hydrogen) atoms. The van der Waals surface area contributed by atoms with Crippen LogP contribution in [-0.4, -0.2) is 24.0 Å². The average molecular weight is 217 g/mol. The second kappa shape index (κ2) is 10.9. The highest BCUT2D eigenvalue weighted by Crippen LogP contribution is 2.03. The quantitative estimate of drug-likeness (QED) is 0.371. The van der Waals surface area contributed by atoms with Crippen LogP contribution in [0.2, 0.25) is 0 Å². The van der Waals surface area contributed by atoms with E-state index in [0.29, 0.717) is 11.7 Å². The van der Waals surface area contributed by atoms with Gasteiger partial charge in [0, 0.05) is 18.8 Å². The summed E-state index contributed by atoms with van der Waals surface area (Å²) < 4.78 is 0. The fourth-order valence-corrected chi connectivity index (χ4v) is 1.62. The molecule has 4 N–H and O–H groups in total. The van der Waals surface area contributed by atoms with Crippen molar-refractivity contribution >= 4 is 16.9 Å². The second-order valence-electron chi connectivity index (χ2n) is 3.27. The number of rotatable bonds is 8. The second-order valence-corrected chi connectivity index (χ2v) is 4.39. The molecule has 0 aliphatic carbocycles. The van der Waals surface area contributed by atoms with Gasteiger partial charge in [-0.2, -0.15) is 0 Å². The van der Waals surface area contributed by atoms with Crippen LogP contribution in [0.25, 0.3) is 0 Å². The fraction of sp³-hybridized carbons (Fsp3) is 0.900. The molecule has 0 saturated carbocycles. The van der Waals surface area contributed by atoms with Crippen LogP contribution in [-0.2, 0) is 0 Å². The number of nitrogens with two attached hydrogens (primary N) is 2. The molecule has 0 rings (SSSR count). The Hall–Kier alpha value is -0.220. The van der Waals surface area contributed by atoms with Gasteiger partial charge in [-0.25, -0.2) is 0 Å². The maximum atomic E-state index is 5.66. The minimum absolute atomic E-state index is 0.664. The van der Waals surface area contributed by atoms with E-state index >= 15 is 0 Å². The third-order valence-corrected chi connectivity index (χ3v) is 2.76. The van der Waals surface area contributed by atoms with Gasteiger partial charge in [-0.1, -0.05) is 44.4 Å². The lowest BCUT2D eigenvalue weighted by Crippen LogP contribution is -2.11.